The van der Waals surface area contributed by atoms with Gasteiger partial charge < -0.3 is 10.1 Å². The van der Waals surface area contributed by atoms with Gasteiger partial charge in [0, 0.05) is 13.7 Å². The first-order valence-electron chi connectivity index (χ1n) is 5.41. The quantitative estimate of drug-likeness (QED) is 0.848. The summed E-state index contributed by atoms with van der Waals surface area (Å²) in [6.45, 7) is -0.602. The normalized spacial score (nSPS) is 11.2. The number of amides is 1. The molecule has 0 aromatic heterocycles. The van der Waals surface area contributed by atoms with Crippen LogP contribution in [-0.2, 0) is 27.0 Å². The minimum absolute atomic E-state index is 0.181. The highest BCUT2D eigenvalue weighted by molar-refractivity contribution is 6.36. The van der Waals surface area contributed by atoms with E-state index in [1.165, 1.54) is 13.2 Å². The predicted molar refractivity (Wildman–Crippen MR) is 65.2 cm³/mol. The number of ketones is 1. The van der Waals surface area contributed by atoms with Gasteiger partial charge in [-0.1, -0.05) is 17.7 Å². The van der Waals surface area contributed by atoms with E-state index >= 15 is 0 Å². The number of Topliss-reactive ketones (excluding diaryl/α,β-unsaturated/α-hetero) is 1. The molecule has 8 heteroatoms. The molecule has 1 aromatic rings. The van der Waals surface area contributed by atoms with Crippen molar-refractivity contribution in [1.29, 1.82) is 0 Å². The Hall–Kier alpha value is -1.60. The van der Waals surface area contributed by atoms with Crippen molar-refractivity contribution in [3.63, 3.8) is 0 Å². The lowest BCUT2D eigenvalue weighted by molar-refractivity contribution is -0.140. The number of carbonyl (C=O) groups excluding carboxylic acids is 2. The van der Waals surface area contributed by atoms with E-state index in [-0.39, 0.29) is 18.7 Å². The van der Waals surface area contributed by atoms with Gasteiger partial charge in [-0.05, 0) is 17.7 Å². The summed E-state index contributed by atoms with van der Waals surface area (Å²) in [7, 11) is 1.25. The lowest BCUT2D eigenvalue weighted by atomic mass is 10.1. The molecule has 1 aromatic carbocycles. The van der Waals surface area contributed by atoms with Crippen LogP contribution in [0.4, 0.5) is 13.2 Å². The van der Waals surface area contributed by atoms with Crippen molar-refractivity contribution in [3.05, 3.63) is 34.3 Å². The summed E-state index contributed by atoms with van der Waals surface area (Å²) in [6.07, 6.45) is -4.58. The molecule has 110 valence electrons. The Kier molecular flexibility index (Phi) is 5.52. The number of rotatable bonds is 5. The predicted octanol–water partition coefficient (Wildman–Crippen LogP) is 2.19. The van der Waals surface area contributed by atoms with Gasteiger partial charge in [0.05, 0.1) is 10.6 Å². The van der Waals surface area contributed by atoms with E-state index in [4.69, 9.17) is 11.6 Å². The van der Waals surface area contributed by atoms with Crippen LogP contribution in [0, 0.1) is 0 Å². The van der Waals surface area contributed by atoms with Crippen molar-refractivity contribution < 1.29 is 27.5 Å². The second-order valence-corrected chi connectivity index (χ2v) is 4.26. The first-order valence-corrected chi connectivity index (χ1v) is 5.79. The van der Waals surface area contributed by atoms with Crippen LogP contribution in [-0.4, -0.2) is 25.4 Å². The number of nitrogens with one attached hydrogen (secondary N) is 1. The highest BCUT2D eigenvalue weighted by Crippen LogP contribution is 2.35. The van der Waals surface area contributed by atoms with E-state index in [2.05, 4.69) is 10.1 Å². The monoisotopic (exact) mass is 309 g/mol. The minimum Gasteiger partial charge on any atom is -0.376 e. The van der Waals surface area contributed by atoms with Gasteiger partial charge in [-0.2, -0.15) is 13.2 Å². The van der Waals surface area contributed by atoms with Crippen LogP contribution in [0.1, 0.15) is 11.1 Å². The molecule has 0 unspecified atom stereocenters. The number of ether oxygens (including phenoxy) is 1. The summed E-state index contributed by atoms with van der Waals surface area (Å²) < 4.78 is 42.3. The molecule has 0 saturated heterocycles. The lowest BCUT2D eigenvalue weighted by Crippen LogP contribution is -2.32. The van der Waals surface area contributed by atoms with Gasteiger partial charge in [0.25, 0.3) is 5.91 Å². The van der Waals surface area contributed by atoms with Crippen LogP contribution in [0.3, 0.4) is 0 Å². The van der Waals surface area contributed by atoms with Crippen LogP contribution in [0.15, 0.2) is 18.2 Å². The molecule has 0 aliphatic heterocycles. The van der Waals surface area contributed by atoms with Gasteiger partial charge in [-0.25, -0.2) is 0 Å². The molecule has 0 atom stereocenters. The van der Waals surface area contributed by atoms with E-state index < -0.39 is 28.5 Å². The topological polar surface area (TPSA) is 55.4 Å². The zero-order valence-corrected chi connectivity index (χ0v) is 11.1. The first kappa shape index (κ1) is 16.5. The number of alkyl halides is 3. The van der Waals surface area contributed by atoms with Crippen molar-refractivity contribution >= 4 is 23.3 Å². The summed E-state index contributed by atoms with van der Waals surface area (Å²) >= 11 is 5.46. The van der Waals surface area contributed by atoms with Crippen molar-refractivity contribution in [2.45, 2.75) is 12.7 Å². The van der Waals surface area contributed by atoms with Gasteiger partial charge in [0.15, 0.2) is 0 Å². The Bertz CT molecular complexity index is 517. The second kappa shape index (κ2) is 6.71. The smallest absolute Gasteiger partial charge is 0.376 e. The Balaban J connectivity index is 2.75. The molecule has 0 spiro atoms. The summed E-state index contributed by atoms with van der Waals surface area (Å²) in [5, 5.41) is 1.78. The van der Waals surface area contributed by atoms with Crippen LogP contribution in [0.2, 0.25) is 5.02 Å². The maximum Gasteiger partial charge on any atom is 0.417 e. The molecule has 0 radical (unpaired) electrons. The fourth-order valence-electron chi connectivity index (χ4n) is 1.38. The summed E-state index contributed by atoms with van der Waals surface area (Å²) in [5.74, 6) is -1.73. The zero-order chi connectivity index (χ0) is 15.3. The summed E-state index contributed by atoms with van der Waals surface area (Å²) in [4.78, 5) is 22.4. The van der Waals surface area contributed by atoms with Gasteiger partial charge in [0.2, 0.25) is 5.78 Å². The molecule has 1 amide bonds. The number of benzene rings is 1. The molecular weight excluding hydrogens is 299 g/mol. The maximum atomic E-state index is 12.6. The minimum atomic E-state index is -4.58. The van der Waals surface area contributed by atoms with E-state index in [0.29, 0.717) is 0 Å². The van der Waals surface area contributed by atoms with Gasteiger partial charge in [-0.15, -0.1) is 0 Å². The Morgan fingerprint density at radius 3 is 2.55 bits per heavy atom. The van der Waals surface area contributed by atoms with E-state index in [9.17, 15) is 22.8 Å². The fourth-order valence-corrected chi connectivity index (χ4v) is 1.60. The third-order valence-electron chi connectivity index (χ3n) is 2.32. The fraction of sp³-hybridized carbons (Fsp3) is 0.333. The molecule has 0 heterocycles. The Morgan fingerprint density at radius 1 is 1.35 bits per heavy atom. The van der Waals surface area contributed by atoms with Crippen molar-refractivity contribution in [1.82, 2.24) is 5.32 Å². The molecule has 0 bridgehead atoms. The van der Waals surface area contributed by atoms with E-state index in [0.717, 1.165) is 12.1 Å². The van der Waals surface area contributed by atoms with Gasteiger partial charge >= 0.3 is 6.18 Å². The molecule has 1 N–H and O–H groups in total. The van der Waals surface area contributed by atoms with Gasteiger partial charge in [-0.3, -0.25) is 9.59 Å². The van der Waals surface area contributed by atoms with Crippen LogP contribution in [0.5, 0.6) is 0 Å². The average molecular weight is 310 g/mol. The molecule has 0 aliphatic carbocycles. The average Bonchev–Trinajstić information content (AvgIpc) is 2.36. The number of carbonyl (C=O) groups is 2. The second-order valence-electron chi connectivity index (χ2n) is 3.85. The molecule has 1 rings (SSSR count). The van der Waals surface area contributed by atoms with Crippen molar-refractivity contribution in [2.75, 3.05) is 13.7 Å². The van der Waals surface area contributed by atoms with Crippen LogP contribution in [0.25, 0.3) is 0 Å². The largest absolute Gasteiger partial charge is 0.417 e. The van der Waals surface area contributed by atoms with E-state index in [1.54, 1.807) is 0 Å². The zero-order valence-electron chi connectivity index (χ0n) is 10.4. The lowest BCUT2D eigenvalue weighted by Gasteiger charge is -2.11. The first-order chi connectivity index (χ1) is 9.25. The summed E-state index contributed by atoms with van der Waals surface area (Å²) in [6, 6.07) is 3.24. The number of halogens is 4. The number of methoxy groups -OCH3 is 1. The van der Waals surface area contributed by atoms with Gasteiger partial charge in [0.1, 0.15) is 6.61 Å². The third-order valence-corrected chi connectivity index (χ3v) is 2.65. The highest BCUT2D eigenvalue weighted by Gasteiger charge is 2.33. The molecule has 0 fully saturated rings. The number of hydrogen-bond donors (Lipinski definition) is 1. The Labute approximate surface area is 117 Å². The maximum absolute atomic E-state index is 12.6. The molecule has 0 aliphatic rings. The highest BCUT2D eigenvalue weighted by atomic mass is 35.5. The Morgan fingerprint density at radius 2 is 2.00 bits per heavy atom. The number of hydrogen-bond acceptors (Lipinski definition) is 3. The van der Waals surface area contributed by atoms with Crippen LogP contribution >= 0.6 is 11.6 Å². The molecule has 0 saturated carbocycles. The standard InChI is InChI=1S/C12H11ClF3NO3/c1-20-6-10(18)11(19)17-5-7-2-3-9(13)8(4-7)12(14,15)16/h2-4H,5-6H2,1H3,(H,17,19). The van der Waals surface area contributed by atoms with E-state index in [1.807, 2.05) is 0 Å². The SMILES string of the molecule is COCC(=O)C(=O)NCc1ccc(Cl)c(C(F)(F)F)c1. The van der Waals surface area contributed by atoms with Crippen LogP contribution < -0.4 is 5.32 Å². The summed E-state index contributed by atoms with van der Waals surface area (Å²) in [5.41, 5.74) is -0.811. The molecule has 4 nitrogen and oxygen atoms in total. The third kappa shape index (κ3) is 4.50. The molecular formula is C12H11ClF3NO3. The van der Waals surface area contributed by atoms with Crippen molar-refractivity contribution in [2.24, 2.45) is 0 Å². The van der Waals surface area contributed by atoms with Crippen molar-refractivity contribution in [3.8, 4) is 0 Å². The molecule has 20 heavy (non-hydrogen) atoms.